The van der Waals surface area contributed by atoms with Crippen molar-refractivity contribution in [1.29, 1.82) is 0 Å². The number of hydrogen-bond donors (Lipinski definition) is 0. The van der Waals surface area contributed by atoms with Crippen molar-refractivity contribution >= 4 is 17.4 Å². The highest BCUT2D eigenvalue weighted by molar-refractivity contribution is 7.99. The van der Waals surface area contributed by atoms with E-state index in [2.05, 4.69) is 83.1 Å². The van der Waals surface area contributed by atoms with Gasteiger partial charge in [0, 0.05) is 37.4 Å². The van der Waals surface area contributed by atoms with Gasteiger partial charge in [-0.15, -0.1) is 0 Å². The van der Waals surface area contributed by atoms with Crippen molar-refractivity contribution in [2.75, 3.05) is 49.2 Å². The SMILES string of the molecule is CCOc1cccc(C2(N3CCN(c4ccccc4)CC3)CCSCC2)c1. The molecule has 144 valence electrons. The summed E-state index contributed by atoms with van der Waals surface area (Å²) in [7, 11) is 0. The van der Waals surface area contributed by atoms with E-state index in [1.54, 1.807) is 0 Å². The lowest BCUT2D eigenvalue weighted by molar-refractivity contribution is 0.0685. The number of hydrogen-bond acceptors (Lipinski definition) is 4. The van der Waals surface area contributed by atoms with Crippen molar-refractivity contribution in [1.82, 2.24) is 4.90 Å². The van der Waals surface area contributed by atoms with Gasteiger partial charge in [-0.25, -0.2) is 0 Å². The number of rotatable bonds is 5. The van der Waals surface area contributed by atoms with Crippen molar-refractivity contribution in [3.05, 3.63) is 60.2 Å². The first-order valence-corrected chi connectivity index (χ1v) is 11.3. The first kappa shape index (κ1) is 18.7. The number of thioether (sulfide) groups is 1. The smallest absolute Gasteiger partial charge is 0.119 e. The molecule has 0 aromatic heterocycles. The molecule has 3 nitrogen and oxygen atoms in total. The van der Waals surface area contributed by atoms with Crippen LogP contribution in [0.25, 0.3) is 0 Å². The number of ether oxygens (including phenoxy) is 1. The Bertz CT molecular complexity index is 722. The molecule has 0 spiro atoms. The molecule has 2 aromatic carbocycles. The second kappa shape index (κ2) is 8.57. The minimum absolute atomic E-state index is 0.168. The molecule has 0 N–H and O–H groups in total. The van der Waals surface area contributed by atoms with E-state index >= 15 is 0 Å². The Morgan fingerprint density at radius 1 is 0.926 bits per heavy atom. The second-order valence-corrected chi connectivity index (χ2v) is 8.64. The molecule has 2 heterocycles. The van der Waals surface area contributed by atoms with Crippen LogP contribution in [0.2, 0.25) is 0 Å². The topological polar surface area (TPSA) is 15.7 Å². The van der Waals surface area contributed by atoms with Crippen molar-refractivity contribution < 1.29 is 4.74 Å². The van der Waals surface area contributed by atoms with E-state index in [4.69, 9.17) is 4.74 Å². The zero-order valence-electron chi connectivity index (χ0n) is 16.3. The zero-order valence-corrected chi connectivity index (χ0v) is 17.1. The fourth-order valence-corrected chi connectivity index (χ4v) is 5.74. The van der Waals surface area contributed by atoms with Gasteiger partial charge < -0.3 is 9.64 Å². The molecule has 4 rings (SSSR count). The van der Waals surface area contributed by atoms with Crippen LogP contribution in [-0.4, -0.2) is 49.2 Å². The van der Waals surface area contributed by atoms with Crippen LogP contribution in [0.5, 0.6) is 5.75 Å². The summed E-state index contributed by atoms with van der Waals surface area (Å²) in [4.78, 5) is 5.29. The maximum absolute atomic E-state index is 5.81. The quantitative estimate of drug-likeness (QED) is 0.749. The van der Waals surface area contributed by atoms with Crippen LogP contribution >= 0.6 is 11.8 Å². The molecule has 0 saturated carbocycles. The van der Waals surface area contributed by atoms with Gasteiger partial charge in [0.25, 0.3) is 0 Å². The van der Waals surface area contributed by atoms with Crippen LogP contribution < -0.4 is 9.64 Å². The van der Waals surface area contributed by atoms with Gasteiger partial charge in [0.15, 0.2) is 0 Å². The second-order valence-electron chi connectivity index (χ2n) is 7.41. The molecule has 27 heavy (non-hydrogen) atoms. The normalized spacial score (nSPS) is 20.4. The maximum Gasteiger partial charge on any atom is 0.119 e. The predicted molar refractivity (Wildman–Crippen MR) is 116 cm³/mol. The first-order valence-electron chi connectivity index (χ1n) is 10.2. The van der Waals surface area contributed by atoms with Crippen molar-refractivity contribution in [2.24, 2.45) is 0 Å². The van der Waals surface area contributed by atoms with Crippen molar-refractivity contribution in [3.63, 3.8) is 0 Å². The standard InChI is InChI=1S/C23H30N2OS/c1-2-26-22-10-6-7-20(19-22)23(11-17-27-18-12-23)25-15-13-24(14-16-25)21-8-4-3-5-9-21/h3-10,19H,2,11-18H2,1H3. The monoisotopic (exact) mass is 382 g/mol. The van der Waals surface area contributed by atoms with Gasteiger partial charge in [0.05, 0.1) is 6.61 Å². The molecule has 2 fully saturated rings. The number of para-hydroxylation sites is 1. The molecule has 2 aromatic rings. The Hall–Kier alpha value is -1.65. The third-order valence-electron chi connectivity index (χ3n) is 6.01. The maximum atomic E-state index is 5.81. The summed E-state index contributed by atoms with van der Waals surface area (Å²) < 4.78 is 5.81. The van der Waals surface area contributed by atoms with Gasteiger partial charge in [0.2, 0.25) is 0 Å². The third kappa shape index (κ3) is 3.97. The molecule has 0 radical (unpaired) electrons. The summed E-state index contributed by atoms with van der Waals surface area (Å²) in [5, 5.41) is 0. The van der Waals surface area contributed by atoms with Crippen LogP contribution in [-0.2, 0) is 5.54 Å². The Balaban J connectivity index is 1.55. The van der Waals surface area contributed by atoms with E-state index in [1.165, 1.54) is 35.6 Å². The molecule has 2 aliphatic heterocycles. The fraction of sp³-hybridized carbons (Fsp3) is 0.478. The summed E-state index contributed by atoms with van der Waals surface area (Å²) in [6, 6.07) is 19.7. The average Bonchev–Trinajstić information content (AvgIpc) is 2.75. The van der Waals surface area contributed by atoms with Crippen LogP contribution in [0, 0.1) is 0 Å². The molecule has 0 atom stereocenters. The zero-order chi connectivity index (χ0) is 18.5. The van der Waals surface area contributed by atoms with E-state index in [0.717, 1.165) is 38.5 Å². The lowest BCUT2D eigenvalue weighted by Crippen LogP contribution is -2.56. The van der Waals surface area contributed by atoms with E-state index in [9.17, 15) is 0 Å². The number of piperazine rings is 1. The molecule has 0 bridgehead atoms. The molecule has 0 aliphatic carbocycles. The van der Waals surface area contributed by atoms with Crippen molar-refractivity contribution in [3.8, 4) is 5.75 Å². The van der Waals surface area contributed by atoms with Gasteiger partial charge >= 0.3 is 0 Å². The first-order chi connectivity index (χ1) is 13.3. The van der Waals surface area contributed by atoms with Gasteiger partial charge in [-0.3, -0.25) is 4.90 Å². The molecule has 0 amide bonds. The Morgan fingerprint density at radius 2 is 1.67 bits per heavy atom. The van der Waals surface area contributed by atoms with Gasteiger partial charge in [-0.1, -0.05) is 30.3 Å². The summed E-state index contributed by atoms with van der Waals surface area (Å²) in [5.74, 6) is 3.51. The number of nitrogens with zero attached hydrogens (tertiary/aromatic N) is 2. The number of benzene rings is 2. The van der Waals surface area contributed by atoms with E-state index < -0.39 is 0 Å². The lowest BCUT2D eigenvalue weighted by atomic mass is 9.81. The Morgan fingerprint density at radius 3 is 2.37 bits per heavy atom. The highest BCUT2D eigenvalue weighted by Crippen LogP contribution is 2.42. The minimum atomic E-state index is 0.168. The molecular weight excluding hydrogens is 352 g/mol. The van der Waals surface area contributed by atoms with Crippen LogP contribution in [0.1, 0.15) is 25.3 Å². The van der Waals surface area contributed by atoms with Crippen LogP contribution in [0.4, 0.5) is 5.69 Å². The summed E-state index contributed by atoms with van der Waals surface area (Å²) in [6.07, 6.45) is 2.47. The van der Waals surface area contributed by atoms with Gasteiger partial charge in [-0.05, 0) is 61.1 Å². The minimum Gasteiger partial charge on any atom is -0.494 e. The third-order valence-corrected chi connectivity index (χ3v) is 6.99. The number of anilines is 1. The van der Waals surface area contributed by atoms with E-state index in [-0.39, 0.29) is 5.54 Å². The highest BCUT2D eigenvalue weighted by atomic mass is 32.2. The Labute approximate surface area is 167 Å². The van der Waals surface area contributed by atoms with Crippen LogP contribution in [0.15, 0.2) is 54.6 Å². The molecule has 4 heteroatoms. The lowest BCUT2D eigenvalue weighted by Gasteiger charge is -2.50. The van der Waals surface area contributed by atoms with Gasteiger partial charge in [-0.2, -0.15) is 11.8 Å². The van der Waals surface area contributed by atoms with Gasteiger partial charge in [0.1, 0.15) is 5.75 Å². The summed E-state index contributed by atoms with van der Waals surface area (Å²) in [6.45, 7) is 7.23. The summed E-state index contributed by atoms with van der Waals surface area (Å²) >= 11 is 2.10. The molecule has 2 saturated heterocycles. The molecular formula is C23H30N2OS. The predicted octanol–water partition coefficient (Wildman–Crippen LogP) is 4.63. The van der Waals surface area contributed by atoms with Crippen molar-refractivity contribution in [2.45, 2.75) is 25.3 Å². The Kier molecular flexibility index (Phi) is 5.94. The molecule has 2 aliphatic rings. The average molecular weight is 383 g/mol. The summed E-state index contributed by atoms with van der Waals surface area (Å²) in [5.41, 5.74) is 2.96. The highest BCUT2D eigenvalue weighted by Gasteiger charge is 2.41. The molecule has 0 unspecified atom stereocenters. The van der Waals surface area contributed by atoms with Crippen LogP contribution in [0.3, 0.4) is 0 Å². The fourth-order valence-electron chi connectivity index (χ4n) is 4.57. The van der Waals surface area contributed by atoms with E-state index in [0.29, 0.717) is 0 Å². The van der Waals surface area contributed by atoms with E-state index in [1.807, 2.05) is 0 Å². The largest absolute Gasteiger partial charge is 0.494 e.